The fraction of sp³-hybridized carbons (Fsp3) is 0.348. The average molecular weight is 459 g/mol. The molecule has 0 radical (unpaired) electrons. The third kappa shape index (κ3) is 7.58. The second-order valence-corrected chi connectivity index (χ2v) is 9.14. The van der Waals surface area contributed by atoms with Gasteiger partial charge in [-0.15, -0.1) is 0 Å². The first-order valence-corrected chi connectivity index (χ1v) is 12.0. The summed E-state index contributed by atoms with van der Waals surface area (Å²) >= 11 is 0. The van der Waals surface area contributed by atoms with Crippen molar-refractivity contribution in [3.63, 3.8) is 0 Å². The Hall–Kier alpha value is -3.04. The molecule has 0 spiro atoms. The number of sulfonamides is 1. The second kappa shape index (κ2) is 12.1. The number of carbonyl (C=O) groups excluding carboxylic acids is 2. The highest BCUT2D eigenvalue weighted by Crippen LogP contribution is 2.19. The van der Waals surface area contributed by atoms with E-state index >= 15 is 0 Å². The van der Waals surface area contributed by atoms with E-state index in [0.29, 0.717) is 24.9 Å². The molecule has 32 heavy (non-hydrogen) atoms. The number of hydrogen-bond acceptors (Lipinski definition) is 5. The molecule has 0 aliphatic rings. The minimum absolute atomic E-state index is 0.0405. The Kier molecular flexibility index (Phi) is 9.55. The molecule has 8 nitrogen and oxygen atoms in total. The molecule has 2 aromatic carbocycles. The van der Waals surface area contributed by atoms with E-state index in [1.807, 2.05) is 44.2 Å². The van der Waals surface area contributed by atoms with E-state index in [-0.39, 0.29) is 23.9 Å². The molecule has 9 heteroatoms. The van der Waals surface area contributed by atoms with Gasteiger partial charge in [-0.2, -0.15) is 9.41 Å². The summed E-state index contributed by atoms with van der Waals surface area (Å²) < 4.78 is 27.7. The third-order valence-corrected chi connectivity index (χ3v) is 6.64. The highest BCUT2D eigenvalue weighted by atomic mass is 32.2. The summed E-state index contributed by atoms with van der Waals surface area (Å²) in [6, 6.07) is 15.3. The first-order valence-electron chi connectivity index (χ1n) is 10.5. The van der Waals surface area contributed by atoms with Gasteiger partial charge in [-0.25, -0.2) is 13.8 Å². The van der Waals surface area contributed by atoms with Gasteiger partial charge in [-0.05, 0) is 49.1 Å². The van der Waals surface area contributed by atoms with Gasteiger partial charge in [-0.1, -0.05) is 44.2 Å². The Bertz CT molecular complexity index is 1030. The van der Waals surface area contributed by atoms with Crippen LogP contribution in [0.3, 0.4) is 0 Å². The molecule has 0 aliphatic carbocycles. The van der Waals surface area contributed by atoms with Crippen molar-refractivity contribution in [3.8, 4) is 0 Å². The van der Waals surface area contributed by atoms with Crippen molar-refractivity contribution in [1.29, 1.82) is 0 Å². The zero-order chi connectivity index (χ0) is 23.6. The molecule has 0 saturated heterocycles. The van der Waals surface area contributed by atoms with Crippen molar-refractivity contribution in [1.82, 2.24) is 9.73 Å². The average Bonchev–Trinajstić information content (AvgIpc) is 2.78. The minimum atomic E-state index is -3.95. The van der Waals surface area contributed by atoms with Crippen LogP contribution in [0.1, 0.15) is 39.2 Å². The molecule has 0 unspecified atom stereocenters. The van der Waals surface area contributed by atoms with Crippen LogP contribution < -0.4 is 10.7 Å². The van der Waals surface area contributed by atoms with E-state index < -0.39 is 15.9 Å². The summed E-state index contributed by atoms with van der Waals surface area (Å²) in [5, 5.41) is 6.69. The van der Waals surface area contributed by atoms with Crippen LogP contribution in [-0.4, -0.2) is 43.3 Å². The summed E-state index contributed by atoms with van der Waals surface area (Å²) in [6.45, 7) is 5.03. The van der Waals surface area contributed by atoms with Gasteiger partial charge < -0.3 is 5.32 Å². The summed E-state index contributed by atoms with van der Waals surface area (Å²) in [7, 11) is -3.95. The Labute approximate surface area is 189 Å². The fourth-order valence-corrected chi connectivity index (χ4v) is 4.39. The number of hydrogen-bond donors (Lipinski definition) is 2. The van der Waals surface area contributed by atoms with Crippen LogP contribution in [0, 0.1) is 0 Å². The molecule has 0 atom stereocenters. The van der Waals surface area contributed by atoms with Crippen molar-refractivity contribution in [2.45, 2.75) is 44.9 Å². The molecule has 2 amide bonds. The van der Waals surface area contributed by atoms with E-state index in [0.717, 1.165) is 15.6 Å². The highest BCUT2D eigenvalue weighted by Gasteiger charge is 2.26. The monoisotopic (exact) mass is 458 g/mol. The fourth-order valence-electron chi connectivity index (χ4n) is 2.99. The van der Waals surface area contributed by atoms with Crippen LogP contribution in [0.2, 0.25) is 0 Å². The van der Waals surface area contributed by atoms with Crippen LogP contribution in [0.5, 0.6) is 0 Å². The largest absolute Gasteiger partial charge is 0.326 e. The Balaban J connectivity index is 2.23. The lowest BCUT2D eigenvalue weighted by Crippen LogP contribution is -2.40. The number of nitrogens with zero attached hydrogens (tertiary/aromatic N) is 2. The van der Waals surface area contributed by atoms with Crippen molar-refractivity contribution >= 4 is 33.2 Å². The maximum Gasteiger partial charge on any atom is 0.255 e. The van der Waals surface area contributed by atoms with Crippen LogP contribution >= 0.6 is 0 Å². The van der Waals surface area contributed by atoms with Crippen molar-refractivity contribution in [2.75, 3.05) is 18.4 Å². The van der Waals surface area contributed by atoms with Gasteiger partial charge in [0.05, 0.1) is 11.4 Å². The zero-order valence-corrected chi connectivity index (χ0v) is 19.5. The van der Waals surface area contributed by atoms with Crippen LogP contribution in [0.25, 0.3) is 0 Å². The van der Waals surface area contributed by atoms with Gasteiger partial charge in [0.2, 0.25) is 15.9 Å². The van der Waals surface area contributed by atoms with Gasteiger partial charge in [0.15, 0.2) is 0 Å². The smallest absolute Gasteiger partial charge is 0.255 e. The highest BCUT2D eigenvalue weighted by molar-refractivity contribution is 7.89. The number of anilines is 1. The summed E-state index contributed by atoms with van der Waals surface area (Å²) in [4.78, 5) is 23.7. The van der Waals surface area contributed by atoms with Gasteiger partial charge in [-0.3, -0.25) is 9.59 Å². The zero-order valence-electron chi connectivity index (χ0n) is 18.7. The number of rotatable bonds is 11. The first-order chi connectivity index (χ1) is 15.3. The summed E-state index contributed by atoms with van der Waals surface area (Å²) in [5.41, 5.74) is 4.74. The van der Waals surface area contributed by atoms with E-state index in [2.05, 4.69) is 15.8 Å². The predicted molar refractivity (Wildman–Crippen MR) is 126 cm³/mol. The summed E-state index contributed by atoms with van der Waals surface area (Å²) in [6.07, 6.45) is 1.86. The normalized spacial score (nSPS) is 11.1. The van der Waals surface area contributed by atoms with E-state index in [1.54, 1.807) is 0 Å². The third-order valence-electron chi connectivity index (χ3n) is 4.78. The number of carbonyl (C=O) groups is 2. The quantitative estimate of drug-likeness (QED) is 0.398. The van der Waals surface area contributed by atoms with Gasteiger partial charge in [0, 0.05) is 24.9 Å². The van der Waals surface area contributed by atoms with E-state index in [9.17, 15) is 18.0 Å². The molecule has 2 N–H and O–H groups in total. The molecule has 0 aromatic heterocycles. The topological polar surface area (TPSA) is 108 Å². The van der Waals surface area contributed by atoms with Gasteiger partial charge in [0.25, 0.3) is 5.91 Å². The van der Waals surface area contributed by atoms with Crippen molar-refractivity contribution < 1.29 is 18.0 Å². The molecule has 2 aromatic rings. The Morgan fingerprint density at radius 1 is 0.969 bits per heavy atom. The molecular formula is C23H30N4O4S. The first kappa shape index (κ1) is 25.2. The van der Waals surface area contributed by atoms with Gasteiger partial charge >= 0.3 is 0 Å². The SMILES string of the molecule is CCC(CC)=NNC(=O)CN(CCc1ccccc1)S(=O)(=O)c1ccc(NC(C)=O)cc1. The van der Waals surface area contributed by atoms with Crippen molar-refractivity contribution in [3.05, 3.63) is 60.2 Å². The molecule has 0 heterocycles. The molecule has 0 aliphatic heterocycles. The van der Waals surface area contributed by atoms with Crippen molar-refractivity contribution in [2.24, 2.45) is 5.10 Å². The van der Waals surface area contributed by atoms with Gasteiger partial charge in [0.1, 0.15) is 0 Å². The molecule has 0 bridgehead atoms. The lowest BCUT2D eigenvalue weighted by Gasteiger charge is -2.21. The molecular weight excluding hydrogens is 428 g/mol. The maximum atomic E-state index is 13.3. The minimum Gasteiger partial charge on any atom is -0.326 e. The van der Waals surface area contributed by atoms with E-state index in [4.69, 9.17) is 0 Å². The van der Waals surface area contributed by atoms with Crippen LogP contribution in [-0.2, 0) is 26.0 Å². The molecule has 0 saturated carbocycles. The molecule has 172 valence electrons. The summed E-state index contributed by atoms with van der Waals surface area (Å²) in [5.74, 6) is -0.753. The maximum absolute atomic E-state index is 13.3. The molecule has 0 fully saturated rings. The standard InChI is InChI=1S/C23H30N4O4S/c1-4-20(5-2)25-26-23(29)17-27(16-15-19-9-7-6-8-10-19)32(30,31)22-13-11-21(12-14-22)24-18(3)28/h6-14H,4-5,15-17H2,1-3H3,(H,24,28)(H,26,29). The predicted octanol–water partition coefficient (Wildman–Crippen LogP) is 3.17. The number of benzene rings is 2. The Morgan fingerprint density at radius 2 is 1.59 bits per heavy atom. The lowest BCUT2D eigenvalue weighted by atomic mass is 10.1. The number of hydrazone groups is 1. The second-order valence-electron chi connectivity index (χ2n) is 7.20. The lowest BCUT2D eigenvalue weighted by molar-refractivity contribution is -0.121. The van der Waals surface area contributed by atoms with E-state index in [1.165, 1.54) is 31.2 Å². The number of nitrogens with one attached hydrogen (secondary N) is 2. The molecule has 2 rings (SSSR count). The van der Waals surface area contributed by atoms with Crippen LogP contribution in [0.15, 0.2) is 64.6 Å². The number of amides is 2. The van der Waals surface area contributed by atoms with Crippen LogP contribution in [0.4, 0.5) is 5.69 Å². The Morgan fingerprint density at radius 3 is 2.16 bits per heavy atom.